The second-order valence-electron chi connectivity index (χ2n) is 7.35. The summed E-state index contributed by atoms with van der Waals surface area (Å²) in [4.78, 5) is 2.67. The first-order valence-electron chi connectivity index (χ1n) is 9.44. The summed E-state index contributed by atoms with van der Waals surface area (Å²) in [7, 11) is -3.57. The van der Waals surface area contributed by atoms with Gasteiger partial charge in [-0.1, -0.05) is 18.2 Å². The number of benzene rings is 2. The van der Waals surface area contributed by atoms with Crippen LogP contribution in [0.25, 0.3) is 0 Å². The van der Waals surface area contributed by atoms with Crippen LogP contribution in [0.15, 0.2) is 53.4 Å². The van der Waals surface area contributed by atoms with E-state index < -0.39 is 10.0 Å². The molecule has 2 aliphatic rings. The molecular weight excluding hydrogens is 358 g/mol. The lowest BCUT2D eigenvalue weighted by Gasteiger charge is -2.37. The largest absolute Gasteiger partial charge is 0.368 e. The van der Waals surface area contributed by atoms with Gasteiger partial charge in [0.2, 0.25) is 10.0 Å². The van der Waals surface area contributed by atoms with Crippen molar-refractivity contribution in [2.75, 3.05) is 11.4 Å². The Labute approximate surface area is 160 Å². The normalized spacial score (nSPS) is 22.3. The van der Waals surface area contributed by atoms with Crippen LogP contribution in [0, 0.1) is 11.3 Å². The molecule has 6 heteroatoms. The van der Waals surface area contributed by atoms with E-state index in [1.165, 1.54) is 23.4 Å². The lowest BCUT2D eigenvalue weighted by Crippen LogP contribution is -2.45. The van der Waals surface area contributed by atoms with Crippen molar-refractivity contribution >= 4 is 15.7 Å². The molecule has 2 aromatic carbocycles. The van der Waals surface area contributed by atoms with Crippen LogP contribution in [0.3, 0.4) is 0 Å². The zero-order valence-corrected chi connectivity index (χ0v) is 16.0. The molecule has 1 aliphatic carbocycles. The van der Waals surface area contributed by atoms with E-state index in [1.54, 1.807) is 12.1 Å². The van der Waals surface area contributed by atoms with Gasteiger partial charge in [-0.2, -0.15) is 5.26 Å². The fraction of sp³-hybridized carbons (Fsp3) is 0.381. The molecule has 0 saturated heterocycles. The van der Waals surface area contributed by atoms with E-state index in [1.807, 2.05) is 6.07 Å². The molecule has 0 bridgehead atoms. The number of fused-ring (bicyclic) bond motifs is 1. The van der Waals surface area contributed by atoms with Crippen LogP contribution in [0.4, 0.5) is 5.69 Å². The van der Waals surface area contributed by atoms with Crippen LogP contribution in [0.2, 0.25) is 0 Å². The highest BCUT2D eigenvalue weighted by molar-refractivity contribution is 7.89. The first-order chi connectivity index (χ1) is 13.1. The smallest absolute Gasteiger partial charge is 0.240 e. The second kappa shape index (κ2) is 7.34. The van der Waals surface area contributed by atoms with Gasteiger partial charge in [0.15, 0.2) is 0 Å². The van der Waals surface area contributed by atoms with Crippen molar-refractivity contribution < 1.29 is 8.42 Å². The third-order valence-electron chi connectivity index (χ3n) is 5.63. The van der Waals surface area contributed by atoms with Gasteiger partial charge in [-0.05, 0) is 68.0 Å². The number of nitriles is 1. The molecule has 1 fully saturated rings. The quantitative estimate of drug-likeness (QED) is 0.883. The summed E-state index contributed by atoms with van der Waals surface area (Å²) < 4.78 is 28.3. The zero-order valence-electron chi connectivity index (χ0n) is 15.1. The Morgan fingerprint density at radius 1 is 1.07 bits per heavy atom. The maximum absolute atomic E-state index is 12.7. The van der Waals surface area contributed by atoms with Crippen LogP contribution < -0.4 is 9.62 Å². The van der Waals surface area contributed by atoms with Crippen LogP contribution in [0.5, 0.6) is 0 Å². The maximum Gasteiger partial charge on any atom is 0.240 e. The summed E-state index contributed by atoms with van der Waals surface area (Å²) in [6.45, 7) is 1.01. The molecule has 2 aromatic rings. The van der Waals surface area contributed by atoms with Gasteiger partial charge >= 0.3 is 0 Å². The summed E-state index contributed by atoms with van der Waals surface area (Å²) in [5, 5.41) is 8.88. The lowest BCUT2D eigenvalue weighted by atomic mass is 9.90. The Balaban J connectivity index is 1.46. The number of hydrogen-bond donors (Lipinski definition) is 1. The Hall–Kier alpha value is -2.36. The monoisotopic (exact) mass is 381 g/mol. The number of nitrogens with zero attached hydrogens (tertiary/aromatic N) is 2. The first kappa shape index (κ1) is 18.0. The molecule has 1 N–H and O–H groups in total. The van der Waals surface area contributed by atoms with Crippen LogP contribution in [0.1, 0.15) is 36.8 Å². The Kier molecular flexibility index (Phi) is 4.90. The van der Waals surface area contributed by atoms with Crippen molar-refractivity contribution in [2.24, 2.45) is 0 Å². The topological polar surface area (TPSA) is 73.2 Å². The molecule has 0 spiro atoms. The SMILES string of the molecule is N#Cc1ccc(S(=O)(=O)NC2CCCC(N3CCc4ccccc43)C2)cc1. The predicted octanol–water partition coefficient (Wildman–Crippen LogP) is 3.21. The van der Waals surface area contributed by atoms with Crippen molar-refractivity contribution in [3.05, 3.63) is 59.7 Å². The van der Waals surface area contributed by atoms with E-state index in [2.05, 4.69) is 33.9 Å². The highest BCUT2D eigenvalue weighted by Gasteiger charge is 2.32. The second-order valence-corrected chi connectivity index (χ2v) is 9.06. The van der Waals surface area contributed by atoms with Gasteiger partial charge in [0.25, 0.3) is 0 Å². The van der Waals surface area contributed by atoms with Gasteiger partial charge in [0.05, 0.1) is 16.5 Å². The molecule has 0 radical (unpaired) electrons. The van der Waals surface area contributed by atoms with E-state index in [0.717, 1.165) is 38.6 Å². The minimum atomic E-state index is -3.57. The van der Waals surface area contributed by atoms with Gasteiger partial charge in [-0.15, -0.1) is 0 Å². The van der Waals surface area contributed by atoms with Crippen LogP contribution >= 0.6 is 0 Å². The van der Waals surface area contributed by atoms with Crippen molar-refractivity contribution in [1.82, 2.24) is 4.72 Å². The van der Waals surface area contributed by atoms with Crippen molar-refractivity contribution in [1.29, 1.82) is 5.26 Å². The van der Waals surface area contributed by atoms with E-state index in [4.69, 9.17) is 5.26 Å². The molecule has 1 aliphatic heterocycles. The summed E-state index contributed by atoms with van der Waals surface area (Å²) >= 11 is 0. The van der Waals surface area contributed by atoms with Crippen molar-refractivity contribution in [3.63, 3.8) is 0 Å². The molecule has 5 nitrogen and oxygen atoms in total. The minimum Gasteiger partial charge on any atom is -0.368 e. The number of hydrogen-bond acceptors (Lipinski definition) is 4. The predicted molar refractivity (Wildman–Crippen MR) is 105 cm³/mol. The molecule has 140 valence electrons. The Bertz CT molecular complexity index is 964. The van der Waals surface area contributed by atoms with Crippen LogP contribution in [-0.2, 0) is 16.4 Å². The molecule has 2 unspecified atom stereocenters. The number of para-hydroxylation sites is 1. The summed E-state index contributed by atoms with van der Waals surface area (Å²) in [6.07, 6.45) is 4.87. The summed E-state index contributed by atoms with van der Waals surface area (Å²) in [6, 6.07) is 16.9. The number of rotatable bonds is 4. The molecule has 1 saturated carbocycles. The Morgan fingerprint density at radius 3 is 2.63 bits per heavy atom. The van der Waals surface area contributed by atoms with Crippen LogP contribution in [-0.4, -0.2) is 27.0 Å². The fourth-order valence-electron chi connectivity index (χ4n) is 4.29. The summed E-state index contributed by atoms with van der Waals surface area (Å²) in [5.41, 5.74) is 3.15. The molecular formula is C21H23N3O2S. The molecule has 27 heavy (non-hydrogen) atoms. The average molecular weight is 382 g/mol. The van der Waals surface area contributed by atoms with Gasteiger partial charge < -0.3 is 4.90 Å². The Morgan fingerprint density at radius 2 is 1.85 bits per heavy atom. The fourth-order valence-corrected chi connectivity index (χ4v) is 5.58. The van der Waals surface area contributed by atoms with Crippen molar-refractivity contribution in [3.8, 4) is 6.07 Å². The van der Waals surface area contributed by atoms with Gasteiger partial charge in [0, 0.05) is 24.3 Å². The highest BCUT2D eigenvalue weighted by atomic mass is 32.2. The van der Waals surface area contributed by atoms with Crippen molar-refractivity contribution in [2.45, 2.75) is 49.1 Å². The molecule has 4 rings (SSSR count). The van der Waals surface area contributed by atoms with E-state index in [0.29, 0.717) is 11.6 Å². The number of sulfonamides is 1. The maximum atomic E-state index is 12.7. The zero-order chi connectivity index (χ0) is 18.9. The van der Waals surface area contributed by atoms with E-state index in [9.17, 15) is 8.42 Å². The molecule has 2 atom stereocenters. The van der Waals surface area contributed by atoms with Gasteiger partial charge in [-0.25, -0.2) is 13.1 Å². The minimum absolute atomic E-state index is 0.0582. The molecule has 0 amide bonds. The standard InChI is InChI=1S/C21H23N3O2S/c22-15-16-8-10-20(11-9-16)27(25,26)23-18-5-3-6-19(14-18)24-13-12-17-4-1-2-7-21(17)24/h1-2,4,7-11,18-19,23H,3,5-6,12-14H2. The lowest BCUT2D eigenvalue weighted by molar-refractivity contribution is 0.358. The van der Waals surface area contributed by atoms with E-state index >= 15 is 0 Å². The molecule has 1 heterocycles. The van der Waals surface area contributed by atoms with Gasteiger partial charge in [-0.3, -0.25) is 0 Å². The first-order valence-corrected chi connectivity index (χ1v) is 10.9. The third-order valence-corrected chi connectivity index (χ3v) is 7.16. The third kappa shape index (κ3) is 3.71. The number of nitrogens with one attached hydrogen (secondary N) is 1. The van der Waals surface area contributed by atoms with E-state index in [-0.39, 0.29) is 10.9 Å². The average Bonchev–Trinajstić information content (AvgIpc) is 3.12. The summed E-state index contributed by atoms with van der Waals surface area (Å²) in [5.74, 6) is 0. The van der Waals surface area contributed by atoms with Gasteiger partial charge in [0.1, 0.15) is 0 Å². The highest BCUT2D eigenvalue weighted by Crippen LogP contribution is 2.34. The number of anilines is 1. The molecule has 0 aromatic heterocycles.